The van der Waals surface area contributed by atoms with Gasteiger partial charge in [0.05, 0.1) is 0 Å². The first-order valence-electron chi connectivity index (χ1n) is 8.59. The molecule has 0 atom stereocenters. The fraction of sp³-hybridized carbons (Fsp3) is 0.778. The SMILES string of the molecule is [CH-]=CC[N-]C/C=[CH]\[Sn]([CH2]CCC)([CH2]CCC)[CH2]CCC.[Li+].[Li+]. The van der Waals surface area contributed by atoms with Gasteiger partial charge in [0.2, 0.25) is 0 Å². The van der Waals surface area contributed by atoms with Crippen molar-refractivity contribution in [3.63, 3.8) is 0 Å². The van der Waals surface area contributed by atoms with Crippen molar-refractivity contribution in [1.82, 2.24) is 0 Å². The van der Waals surface area contributed by atoms with E-state index in [0.717, 1.165) is 6.54 Å². The molecule has 4 heteroatoms. The third-order valence-electron chi connectivity index (χ3n) is 4.03. The molecule has 0 fully saturated rings. The summed E-state index contributed by atoms with van der Waals surface area (Å²) in [6, 6.07) is 0. The average molecular weight is 398 g/mol. The Kier molecular flexibility index (Phi) is 26.3. The first-order chi connectivity index (χ1) is 9.74. The summed E-state index contributed by atoms with van der Waals surface area (Å²) in [6.45, 7) is 13.9. The number of unbranched alkanes of at least 4 members (excludes halogenated alkanes) is 3. The fourth-order valence-electron chi connectivity index (χ4n) is 2.74. The fourth-order valence-corrected chi connectivity index (χ4v) is 17.1. The minimum absolute atomic E-state index is 0. The van der Waals surface area contributed by atoms with E-state index in [9.17, 15) is 0 Å². The minimum Gasteiger partial charge on any atom is 1.00 e. The van der Waals surface area contributed by atoms with Crippen molar-refractivity contribution in [2.75, 3.05) is 13.1 Å². The van der Waals surface area contributed by atoms with Crippen molar-refractivity contribution >= 4 is 18.4 Å². The van der Waals surface area contributed by atoms with Gasteiger partial charge in [0.25, 0.3) is 0 Å². The Hall–Kier alpha value is 1.43. The number of hydrogen-bond acceptors (Lipinski definition) is 0. The van der Waals surface area contributed by atoms with Gasteiger partial charge in [-0.2, -0.15) is 0 Å². The van der Waals surface area contributed by atoms with Crippen LogP contribution in [0.15, 0.2) is 16.2 Å². The van der Waals surface area contributed by atoms with Crippen LogP contribution in [0.2, 0.25) is 13.3 Å². The molecule has 0 saturated carbocycles. The summed E-state index contributed by atoms with van der Waals surface area (Å²) in [7, 11) is 0. The molecule has 0 saturated heterocycles. The Bertz CT molecular complexity index is 236. The van der Waals surface area contributed by atoms with Gasteiger partial charge in [-0.3, -0.25) is 0 Å². The molecule has 22 heavy (non-hydrogen) atoms. The summed E-state index contributed by atoms with van der Waals surface area (Å²) in [5.74, 6) is 0. The first-order valence-corrected chi connectivity index (χ1v) is 16.3. The van der Waals surface area contributed by atoms with Gasteiger partial charge in [-0.05, 0) is 0 Å². The molecule has 0 aliphatic rings. The summed E-state index contributed by atoms with van der Waals surface area (Å²) >= 11 is -2.03. The summed E-state index contributed by atoms with van der Waals surface area (Å²) < 4.78 is 7.33. The molecule has 0 bridgehead atoms. The second-order valence-electron chi connectivity index (χ2n) is 5.90. The van der Waals surface area contributed by atoms with Crippen LogP contribution in [-0.2, 0) is 0 Å². The zero-order chi connectivity index (χ0) is 15.1. The minimum atomic E-state index is -2.03. The van der Waals surface area contributed by atoms with Crippen LogP contribution >= 0.6 is 0 Å². The second-order valence-corrected chi connectivity index (χ2v) is 18.9. The molecule has 0 aliphatic carbocycles. The second kappa shape index (κ2) is 20.5. The van der Waals surface area contributed by atoms with Crippen molar-refractivity contribution in [3.05, 3.63) is 28.1 Å². The van der Waals surface area contributed by atoms with Crippen LogP contribution in [0, 0.1) is 6.58 Å². The topological polar surface area (TPSA) is 14.1 Å². The molecular weight excluding hydrogens is 363 g/mol. The Morgan fingerprint density at radius 3 is 1.64 bits per heavy atom. The number of rotatable bonds is 14. The maximum atomic E-state index is 5.36. The van der Waals surface area contributed by atoms with E-state index in [1.165, 1.54) is 38.5 Å². The van der Waals surface area contributed by atoms with Gasteiger partial charge in [0, 0.05) is 0 Å². The quantitative estimate of drug-likeness (QED) is 0.227. The summed E-state index contributed by atoms with van der Waals surface area (Å²) in [5.41, 5.74) is 0. The molecule has 0 heterocycles. The van der Waals surface area contributed by atoms with Crippen LogP contribution in [0.1, 0.15) is 59.3 Å². The molecule has 0 amide bonds. The van der Waals surface area contributed by atoms with Gasteiger partial charge >= 0.3 is 170 Å². The van der Waals surface area contributed by atoms with Crippen LogP contribution in [-0.4, -0.2) is 31.5 Å². The first kappa shape index (κ1) is 28.2. The van der Waals surface area contributed by atoms with Gasteiger partial charge < -0.3 is 0 Å². The molecule has 0 N–H and O–H groups in total. The maximum Gasteiger partial charge on any atom is 1.00 e. The van der Waals surface area contributed by atoms with E-state index in [-0.39, 0.29) is 37.7 Å². The van der Waals surface area contributed by atoms with Crippen LogP contribution in [0.3, 0.4) is 0 Å². The molecule has 0 spiro atoms. The molecule has 118 valence electrons. The molecular formula is C18H35Li2NSn. The zero-order valence-electron chi connectivity index (χ0n) is 16.0. The van der Waals surface area contributed by atoms with Gasteiger partial charge in [0.1, 0.15) is 0 Å². The molecule has 0 aliphatic heterocycles. The predicted octanol–water partition coefficient (Wildman–Crippen LogP) is 0.302. The Morgan fingerprint density at radius 1 is 0.818 bits per heavy atom. The van der Waals surface area contributed by atoms with Crippen molar-refractivity contribution in [2.24, 2.45) is 0 Å². The monoisotopic (exact) mass is 399 g/mol. The molecule has 1 nitrogen and oxygen atoms in total. The van der Waals surface area contributed by atoms with E-state index in [1.54, 1.807) is 19.4 Å². The molecule has 0 rings (SSSR count). The molecule has 0 unspecified atom stereocenters. The van der Waals surface area contributed by atoms with E-state index in [1.807, 2.05) is 0 Å². The Balaban J connectivity index is -0.00000180. The Morgan fingerprint density at radius 2 is 1.27 bits per heavy atom. The van der Waals surface area contributed by atoms with E-state index >= 15 is 0 Å². The standard InChI is InChI=1S/C6H8N.3C4H9.2Li.Sn/c1-3-5-7-6-4-2;3*1-3-4-2;;;/h1-4H,5-6H2;3*1,3-4H2,2H3;;;/q-2;;;;2*+1;. The third kappa shape index (κ3) is 15.0. The van der Waals surface area contributed by atoms with E-state index in [0.29, 0.717) is 6.54 Å². The van der Waals surface area contributed by atoms with E-state index in [4.69, 9.17) is 6.58 Å². The van der Waals surface area contributed by atoms with E-state index < -0.39 is 18.4 Å². The largest absolute Gasteiger partial charge is 1.00 e. The zero-order valence-corrected chi connectivity index (χ0v) is 18.9. The van der Waals surface area contributed by atoms with Crippen molar-refractivity contribution < 1.29 is 37.7 Å². The van der Waals surface area contributed by atoms with Crippen LogP contribution in [0.4, 0.5) is 0 Å². The molecule has 0 aromatic rings. The van der Waals surface area contributed by atoms with Crippen molar-refractivity contribution in [1.29, 1.82) is 0 Å². The van der Waals surface area contributed by atoms with Crippen molar-refractivity contribution in [3.8, 4) is 0 Å². The summed E-state index contributed by atoms with van der Waals surface area (Å²) in [6.07, 6.45) is 12.3. The predicted molar refractivity (Wildman–Crippen MR) is 96.0 cm³/mol. The summed E-state index contributed by atoms with van der Waals surface area (Å²) in [4.78, 5) is 0. The Labute approximate surface area is 168 Å². The van der Waals surface area contributed by atoms with Gasteiger partial charge in [-0.1, -0.05) is 0 Å². The van der Waals surface area contributed by atoms with Gasteiger partial charge in [-0.25, -0.2) is 0 Å². The number of hydrogen-bond donors (Lipinski definition) is 0. The van der Waals surface area contributed by atoms with Gasteiger partial charge in [0.15, 0.2) is 0 Å². The van der Waals surface area contributed by atoms with E-state index in [2.05, 4.69) is 36.3 Å². The van der Waals surface area contributed by atoms with Crippen molar-refractivity contribution in [2.45, 2.75) is 72.6 Å². The molecule has 0 aromatic heterocycles. The van der Waals surface area contributed by atoms with Crippen LogP contribution in [0.5, 0.6) is 0 Å². The maximum absolute atomic E-state index is 5.36. The number of nitrogens with zero attached hydrogens (tertiary/aromatic N) is 1. The molecule has 0 aromatic carbocycles. The van der Waals surface area contributed by atoms with Crippen LogP contribution in [0.25, 0.3) is 5.32 Å². The van der Waals surface area contributed by atoms with Crippen LogP contribution < -0.4 is 37.7 Å². The average Bonchev–Trinajstić information content (AvgIpc) is 2.48. The normalized spacial score (nSPS) is 11.0. The third-order valence-corrected chi connectivity index (χ3v) is 18.3. The van der Waals surface area contributed by atoms with Gasteiger partial charge in [-0.15, -0.1) is 0 Å². The smallest absolute Gasteiger partial charge is 1.00 e. The molecule has 0 radical (unpaired) electrons. The summed E-state index contributed by atoms with van der Waals surface area (Å²) in [5, 5.41) is 4.40.